The zero-order chi connectivity index (χ0) is 11.5. The molecule has 1 aromatic heterocycles. The summed E-state index contributed by atoms with van der Waals surface area (Å²) in [6.07, 6.45) is 1.34. The number of aryl methyl sites for hydroxylation is 1. The van der Waals surface area contributed by atoms with E-state index >= 15 is 0 Å². The van der Waals surface area contributed by atoms with Crippen LogP contribution in [0, 0.1) is 0 Å². The number of tetrazole rings is 1. The van der Waals surface area contributed by atoms with E-state index in [-0.39, 0.29) is 24.3 Å². The van der Waals surface area contributed by atoms with E-state index in [1.807, 2.05) is 0 Å². The molecule has 1 aromatic rings. The second-order valence-corrected chi connectivity index (χ2v) is 3.59. The van der Waals surface area contributed by atoms with Crippen LogP contribution in [0.3, 0.4) is 0 Å². The van der Waals surface area contributed by atoms with Crippen LogP contribution in [0.25, 0.3) is 0 Å². The Morgan fingerprint density at radius 1 is 1.56 bits per heavy atom. The van der Waals surface area contributed by atoms with Crippen LogP contribution in [-0.2, 0) is 16.6 Å². The number of hydrogen-bond donors (Lipinski definition) is 1. The van der Waals surface area contributed by atoms with Crippen molar-refractivity contribution < 1.29 is 9.59 Å². The van der Waals surface area contributed by atoms with Gasteiger partial charge < -0.3 is 4.90 Å². The first kappa shape index (κ1) is 10.5. The molecular weight excluding hydrogens is 212 g/mol. The molecular formula is C8H12N6O2. The van der Waals surface area contributed by atoms with Gasteiger partial charge in [0.2, 0.25) is 17.8 Å². The normalized spacial score (nSPS) is 15.6. The van der Waals surface area contributed by atoms with Gasteiger partial charge in [0, 0.05) is 20.0 Å². The summed E-state index contributed by atoms with van der Waals surface area (Å²) in [7, 11) is 1.62. The number of hydrogen-bond acceptors (Lipinski definition) is 5. The summed E-state index contributed by atoms with van der Waals surface area (Å²) < 4.78 is 1.35. The number of carbonyl (C=O) groups excluding carboxylic acids is 2. The fourth-order valence-electron chi connectivity index (χ4n) is 1.54. The van der Waals surface area contributed by atoms with Crippen molar-refractivity contribution in [3.63, 3.8) is 0 Å². The summed E-state index contributed by atoms with van der Waals surface area (Å²) in [4.78, 5) is 24.4. The van der Waals surface area contributed by atoms with Crippen LogP contribution in [0.4, 0.5) is 5.95 Å². The quantitative estimate of drug-likeness (QED) is 0.694. The Hall–Kier alpha value is -1.99. The summed E-state index contributed by atoms with van der Waals surface area (Å²) in [5.74, 6) is 0.0102. The first-order valence-electron chi connectivity index (χ1n) is 4.97. The van der Waals surface area contributed by atoms with E-state index in [4.69, 9.17) is 0 Å². The molecule has 0 aromatic carbocycles. The van der Waals surface area contributed by atoms with Gasteiger partial charge in [-0.1, -0.05) is 5.10 Å². The molecule has 86 valence electrons. The molecule has 2 heterocycles. The van der Waals surface area contributed by atoms with Gasteiger partial charge in [-0.05, 0) is 16.8 Å². The summed E-state index contributed by atoms with van der Waals surface area (Å²) in [6, 6.07) is 0. The highest BCUT2D eigenvalue weighted by Crippen LogP contribution is 2.09. The van der Waals surface area contributed by atoms with Crippen LogP contribution in [0.15, 0.2) is 0 Å². The minimum Gasteiger partial charge on any atom is -0.333 e. The molecule has 1 saturated heterocycles. The average Bonchev–Trinajstić information content (AvgIpc) is 2.79. The van der Waals surface area contributed by atoms with Gasteiger partial charge in [-0.3, -0.25) is 14.9 Å². The molecule has 1 N–H and O–H groups in total. The van der Waals surface area contributed by atoms with Crippen LogP contribution in [-0.4, -0.2) is 50.0 Å². The number of nitrogens with zero attached hydrogens (tertiary/aromatic N) is 5. The van der Waals surface area contributed by atoms with Crippen molar-refractivity contribution in [2.45, 2.75) is 12.8 Å². The lowest BCUT2D eigenvalue weighted by Crippen LogP contribution is -2.34. The molecule has 16 heavy (non-hydrogen) atoms. The molecule has 0 atom stereocenters. The highest BCUT2D eigenvalue weighted by molar-refractivity contribution is 5.93. The number of amides is 2. The summed E-state index contributed by atoms with van der Waals surface area (Å²) in [5, 5.41) is 13.1. The third-order valence-corrected chi connectivity index (χ3v) is 2.38. The Kier molecular flexibility index (Phi) is 2.80. The largest absolute Gasteiger partial charge is 0.333 e. The number of rotatable bonds is 3. The van der Waals surface area contributed by atoms with E-state index in [1.54, 1.807) is 7.05 Å². The van der Waals surface area contributed by atoms with Crippen LogP contribution in [0.2, 0.25) is 0 Å². The zero-order valence-electron chi connectivity index (χ0n) is 8.88. The van der Waals surface area contributed by atoms with Crippen molar-refractivity contribution in [1.29, 1.82) is 0 Å². The van der Waals surface area contributed by atoms with Gasteiger partial charge in [0.25, 0.3) is 0 Å². The minimum absolute atomic E-state index is 0.0197. The maximum atomic E-state index is 11.6. The summed E-state index contributed by atoms with van der Waals surface area (Å²) in [6.45, 7) is 0.703. The van der Waals surface area contributed by atoms with Gasteiger partial charge in [0.05, 0.1) is 6.54 Å². The second-order valence-electron chi connectivity index (χ2n) is 3.59. The summed E-state index contributed by atoms with van der Waals surface area (Å²) >= 11 is 0. The van der Waals surface area contributed by atoms with Gasteiger partial charge in [0.15, 0.2) is 0 Å². The zero-order valence-corrected chi connectivity index (χ0v) is 8.88. The van der Waals surface area contributed by atoms with Gasteiger partial charge in [-0.15, -0.1) is 0 Å². The topological polar surface area (TPSA) is 93.0 Å². The van der Waals surface area contributed by atoms with Gasteiger partial charge in [0.1, 0.15) is 0 Å². The standard InChI is InChI=1S/C8H12N6O2/c1-13-8(10-11-12-13)9-6(15)5-14-4-2-3-7(14)16/h2-5H2,1H3,(H,9,10,12,15). The van der Waals surface area contributed by atoms with Crippen LogP contribution >= 0.6 is 0 Å². The Bertz CT molecular complexity index is 414. The third-order valence-electron chi connectivity index (χ3n) is 2.38. The Morgan fingerprint density at radius 2 is 2.38 bits per heavy atom. The molecule has 1 aliphatic heterocycles. The van der Waals surface area contributed by atoms with Crippen LogP contribution in [0.1, 0.15) is 12.8 Å². The first-order chi connectivity index (χ1) is 7.66. The maximum Gasteiger partial charge on any atom is 0.249 e. The molecule has 8 nitrogen and oxygen atoms in total. The second kappa shape index (κ2) is 4.25. The van der Waals surface area contributed by atoms with E-state index < -0.39 is 0 Å². The van der Waals surface area contributed by atoms with E-state index in [2.05, 4.69) is 20.8 Å². The monoisotopic (exact) mass is 224 g/mol. The Balaban J connectivity index is 1.89. The average molecular weight is 224 g/mol. The Morgan fingerprint density at radius 3 is 2.94 bits per heavy atom. The van der Waals surface area contributed by atoms with Gasteiger partial charge >= 0.3 is 0 Å². The lowest BCUT2D eigenvalue weighted by atomic mass is 10.4. The molecule has 0 saturated carbocycles. The van der Waals surface area contributed by atoms with Gasteiger partial charge in [-0.2, -0.15) is 0 Å². The smallest absolute Gasteiger partial charge is 0.249 e. The molecule has 0 unspecified atom stereocenters. The molecule has 2 amide bonds. The fraction of sp³-hybridized carbons (Fsp3) is 0.625. The molecule has 0 aliphatic carbocycles. The number of anilines is 1. The van der Waals surface area contributed by atoms with Crippen molar-refractivity contribution in [3.05, 3.63) is 0 Å². The predicted molar refractivity (Wildman–Crippen MR) is 53.2 cm³/mol. The van der Waals surface area contributed by atoms with Crippen LogP contribution in [0.5, 0.6) is 0 Å². The summed E-state index contributed by atoms with van der Waals surface area (Å²) in [5.41, 5.74) is 0. The van der Waals surface area contributed by atoms with Crippen molar-refractivity contribution in [3.8, 4) is 0 Å². The lowest BCUT2D eigenvalue weighted by Gasteiger charge is -2.14. The number of carbonyl (C=O) groups is 2. The lowest BCUT2D eigenvalue weighted by molar-refractivity contribution is -0.131. The molecule has 0 spiro atoms. The third kappa shape index (κ3) is 2.15. The van der Waals surface area contributed by atoms with Crippen molar-refractivity contribution in [2.75, 3.05) is 18.4 Å². The van der Waals surface area contributed by atoms with E-state index in [9.17, 15) is 9.59 Å². The molecule has 2 rings (SSSR count). The Labute approximate surface area is 91.6 Å². The first-order valence-corrected chi connectivity index (χ1v) is 4.97. The number of nitrogens with one attached hydrogen (secondary N) is 1. The number of likely N-dealkylation sites (tertiary alicyclic amines) is 1. The highest BCUT2D eigenvalue weighted by Gasteiger charge is 2.22. The maximum absolute atomic E-state index is 11.6. The predicted octanol–water partition coefficient (Wildman–Crippen LogP) is -1.23. The van der Waals surface area contributed by atoms with E-state index in [0.29, 0.717) is 13.0 Å². The molecule has 0 radical (unpaired) electrons. The molecule has 8 heteroatoms. The van der Waals surface area contributed by atoms with Crippen LogP contribution < -0.4 is 5.32 Å². The van der Waals surface area contributed by atoms with Crippen molar-refractivity contribution >= 4 is 17.8 Å². The highest BCUT2D eigenvalue weighted by atomic mass is 16.2. The van der Waals surface area contributed by atoms with E-state index in [0.717, 1.165) is 6.42 Å². The fourth-order valence-corrected chi connectivity index (χ4v) is 1.54. The molecule has 1 aliphatic rings. The van der Waals surface area contributed by atoms with E-state index in [1.165, 1.54) is 9.58 Å². The SMILES string of the molecule is Cn1nnnc1NC(=O)CN1CCCC1=O. The van der Waals surface area contributed by atoms with Crippen molar-refractivity contribution in [2.24, 2.45) is 7.05 Å². The van der Waals surface area contributed by atoms with Gasteiger partial charge in [-0.25, -0.2) is 4.68 Å². The molecule has 0 bridgehead atoms. The van der Waals surface area contributed by atoms with Crippen molar-refractivity contribution in [1.82, 2.24) is 25.1 Å². The molecule has 1 fully saturated rings. The number of aromatic nitrogens is 4. The minimum atomic E-state index is -0.284.